The fraction of sp³-hybridized carbons (Fsp3) is 0.333. The van der Waals surface area contributed by atoms with Crippen LogP contribution in [0.15, 0.2) is 24.3 Å². The molecule has 1 atom stereocenters. The summed E-state index contributed by atoms with van der Waals surface area (Å²) in [5.41, 5.74) is 0.943. The van der Waals surface area contributed by atoms with Gasteiger partial charge in [0.25, 0.3) is 0 Å². The van der Waals surface area contributed by atoms with Crippen LogP contribution in [0.5, 0.6) is 5.75 Å². The quantitative estimate of drug-likeness (QED) is 0.762. The first kappa shape index (κ1) is 10.3. The highest BCUT2D eigenvalue weighted by Crippen LogP contribution is 2.39. The van der Waals surface area contributed by atoms with Crippen LogP contribution in [0, 0.1) is 0 Å². The molecule has 0 fully saturated rings. The van der Waals surface area contributed by atoms with Crippen molar-refractivity contribution < 1.29 is 14.0 Å². The van der Waals surface area contributed by atoms with Gasteiger partial charge < -0.3 is 9.42 Å². The molecule has 1 N–H and O–H groups in total. The molecule has 1 aromatic carbocycles. The summed E-state index contributed by atoms with van der Waals surface area (Å²) in [6.07, 6.45) is 0.788. The maximum Gasteiger partial charge on any atom is 0.373 e. The van der Waals surface area contributed by atoms with Crippen LogP contribution in [0.2, 0.25) is 0 Å². The molecule has 0 radical (unpaired) electrons. The van der Waals surface area contributed by atoms with E-state index in [4.69, 9.17) is 9.42 Å². The molecule has 0 saturated heterocycles. The summed E-state index contributed by atoms with van der Waals surface area (Å²) in [5.74, 6) is 0.498. The molecule has 0 aliphatic carbocycles. The van der Waals surface area contributed by atoms with E-state index >= 15 is 0 Å². The molecule has 0 aromatic heterocycles. The van der Waals surface area contributed by atoms with Crippen molar-refractivity contribution in [1.29, 1.82) is 0 Å². The molecule has 72 valence electrons. The molecule has 0 spiro atoms. The second-order valence-corrected chi connectivity index (χ2v) is 4.64. The summed E-state index contributed by atoms with van der Waals surface area (Å²) in [6.45, 7) is 3.15. The SMILES string of the molecule is CCc1ccccc1OP(C)(=O)O. The smallest absolute Gasteiger partial charge is 0.373 e. The van der Waals surface area contributed by atoms with Crippen molar-refractivity contribution in [1.82, 2.24) is 0 Å². The van der Waals surface area contributed by atoms with Gasteiger partial charge in [-0.05, 0) is 18.1 Å². The largest absolute Gasteiger partial charge is 0.424 e. The predicted molar refractivity (Wildman–Crippen MR) is 52.2 cm³/mol. The Hall–Kier alpha value is -0.790. The highest BCUT2D eigenvalue weighted by Gasteiger charge is 2.13. The molecule has 0 aliphatic rings. The fourth-order valence-corrected chi connectivity index (χ4v) is 1.61. The van der Waals surface area contributed by atoms with Gasteiger partial charge in [-0.25, -0.2) is 4.57 Å². The number of benzene rings is 1. The summed E-state index contributed by atoms with van der Waals surface area (Å²) in [5, 5.41) is 0. The first-order valence-corrected chi connectivity index (χ1v) is 6.13. The number of hydrogen-bond acceptors (Lipinski definition) is 2. The summed E-state index contributed by atoms with van der Waals surface area (Å²) < 4.78 is 15.9. The van der Waals surface area contributed by atoms with Crippen molar-refractivity contribution in [3.8, 4) is 5.75 Å². The second kappa shape index (κ2) is 3.95. The highest BCUT2D eigenvalue weighted by atomic mass is 31.2. The molecule has 3 nitrogen and oxygen atoms in total. The molecule has 4 heteroatoms. The minimum absolute atomic E-state index is 0.498. The van der Waals surface area contributed by atoms with Crippen LogP contribution in [0.1, 0.15) is 12.5 Å². The van der Waals surface area contributed by atoms with Gasteiger partial charge in [0.05, 0.1) is 0 Å². The Morgan fingerprint density at radius 1 is 1.46 bits per heavy atom. The van der Waals surface area contributed by atoms with Crippen LogP contribution in [0.25, 0.3) is 0 Å². The number of hydrogen-bond donors (Lipinski definition) is 1. The first-order valence-electron chi connectivity index (χ1n) is 4.10. The van der Waals surface area contributed by atoms with E-state index < -0.39 is 7.60 Å². The average Bonchev–Trinajstić information content (AvgIpc) is 2.02. The zero-order valence-corrected chi connectivity index (χ0v) is 8.62. The Bertz CT molecular complexity index is 329. The Morgan fingerprint density at radius 3 is 2.62 bits per heavy atom. The number of rotatable bonds is 3. The predicted octanol–water partition coefficient (Wildman–Crippen LogP) is 2.44. The number of aryl methyl sites for hydroxylation is 1. The zero-order chi connectivity index (χ0) is 9.90. The minimum atomic E-state index is -3.43. The van der Waals surface area contributed by atoms with Gasteiger partial charge in [-0.1, -0.05) is 25.1 Å². The lowest BCUT2D eigenvalue weighted by atomic mass is 10.1. The van der Waals surface area contributed by atoms with Crippen molar-refractivity contribution in [3.63, 3.8) is 0 Å². The van der Waals surface area contributed by atoms with Crippen LogP contribution in [-0.2, 0) is 11.0 Å². The molecule has 0 aliphatic heterocycles. The fourth-order valence-electron chi connectivity index (χ4n) is 1.07. The summed E-state index contributed by atoms with van der Waals surface area (Å²) in [4.78, 5) is 9.02. The van der Waals surface area contributed by atoms with Crippen LogP contribution >= 0.6 is 7.60 Å². The Morgan fingerprint density at radius 2 is 2.08 bits per heavy atom. The minimum Gasteiger partial charge on any atom is -0.424 e. The van der Waals surface area contributed by atoms with E-state index in [-0.39, 0.29) is 0 Å². The topological polar surface area (TPSA) is 46.5 Å². The third-order valence-corrected chi connectivity index (χ3v) is 2.16. The van der Waals surface area contributed by atoms with Gasteiger partial charge in [0, 0.05) is 6.66 Å². The Balaban J connectivity index is 2.94. The molecule has 0 saturated carbocycles. The van der Waals surface area contributed by atoms with E-state index in [1.165, 1.54) is 6.66 Å². The molecule has 0 bridgehead atoms. The van der Waals surface area contributed by atoms with E-state index in [0.29, 0.717) is 5.75 Å². The second-order valence-electron chi connectivity index (χ2n) is 2.86. The van der Waals surface area contributed by atoms with E-state index in [2.05, 4.69) is 0 Å². The molecule has 1 unspecified atom stereocenters. The lowest BCUT2D eigenvalue weighted by Crippen LogP contribution is -1.93. The van der Waals surface area contributed by atoms with Crippen LogP contribution in [-0.4, -0.2) is 11.6 Å². The van der Waals surface area contributed by atoms with Crippen molar-refractivity contribution in [2.24, 2.45) is 0 Å². The third-order valence-electron chi connectivity index (χ3n) is 1.62. The molecule has 13 heavy (non-hydrogen) atoms. The van der Waals surface area contributed by atoms with Gasteiger partial charge in [0.2, 0.25) is 0 Å². The van der Waals surface area contributed by atoms with Gasteiger partial charge >= 0.3 is 7.60 Å². The molecular formula is C9H13O3P. The van der Waals surface area contributed by atoms with Gasteiger partial charge in [0.15, 0.2) is 0 Å². The summed E-state index contributed by atoms with van der Waals surface area (Å²) >= 11 is 0. The molecule has 0 heterocycles. The third kappa shape index (κ3) is 3.21. The average molecular weight is 200 g/mol. The van der Waals surface area contributed by atoms with Crippen molar-refractivity contribution in [3.05, 3.63) is 29.8 Å². The van der Waals surface area contributed by atoms with Crippen LogP contribution < -0.4 is 4.52 Å². The maximum absolute atomic E-state index is 11.0. The summed E-state index contributed by atoms with van der Waals surface area (Å²) in [6, 6.07) is 7.24. The van der Waals surface area contributed by atoms with E-state index in [0.717, 1.165) is 12.0 Å². The van der Waals surface area contributed by atoms with E-state index in [1.807, 2.05) is 19.1 Å². The standard InChI is InChI=1S/C9H13O3P/c1-3-8-6-4-5-7-9(8)12-13(2,10)11/h4-7H,3H2,1-2H3,(H,10,11). The maximum atomic E-state index is 11.0. The molecule has 0 amide bonds. The van der Waals surface area contributed by atoms with Crippen molar-refractivity contribution in [2.75, 3.05) is 6.66 Å². The van der Waals surface area contributed by atoms with Gasteiger partial charge in [-0.3, -0.25) is 0 Å². The van der Waals surface area contributed by atoms with Gasteiger partial charge in [0.1, 0.15) is 5.75 Å². The zero-order valence-electron chi connectivity index (χ0n) is 7.73. The molecule has 1 aromatic rings. The van der Waals surface area contributed by atoms with Gasteiger partial charge in [-0.2, -0.15) is 0 Å². The van der Waals surface area contributed by atoms with Crippen molar-refractivity contribution >= 4 is 7.60 Å². The van der Waals surface area contributed by atoms with E-state index in [1.54, 1.807) is 12.1 Å². The van der Waals surface area contributed by atoms with Crippen LogP contribution in [0.3, 0.4) is 0 Å². The van der Waals surface area contributed by atoms with Gasteiger partial charge in [-0.15, -0.1) is 0 Å². The van der Waals surface area contributed by atoms with Crippen LogP contribution in [0.4, 0.5) is 0 Å². The monoisotopic (exact) mass is 200 g/mol. The van der Waals surface area contributed by atoms with Crippen molar-refractivity contribution in [2.45, 2.75) is 13.3 Å². The normalized spacial score (nSPS) is 15.0. The Kier molecular flexibility index (Phi) is 3.12. The lowest BCUT2D eigenvalue weighted by molar-refractivity contribution is 0.386. The summed E-state index contributed by atoms with van der Waals surface area (Å²) in [7, 11) is -3.43. The van der Waals surface area contributed by atoms with E-state index in [9.17, 15) is 4.57 Å². The Labute approximate surface area is 77.9 Å². The molecular weight excluding hydrogens is 187 g/mol. The lowest BCUT2D eigenvalue weighted by Gasteiger charge is -2.11. The highest BCUT2D eigenvalue weighted by molar-refractivity contribution is 7.52. The first-order chi connectivity index (χ1) is 6.03. The molecule has 1 rings (SSSR count). The number of para-hydroxylation sites is 1.